The minimum Gasteiger partial charge on any atom is -0.497 e. The molecule has 2 heterocycles. The lowest BCUT2D eigenvalue weighted by Crippen LogP contribution is -2.50. The molecule has 33 heavy (non-hydrogen) atoms. The molecule has 4 rings (SSSR count). The van der Waals surface area contributed by atoms with Crippen molar-refractivity contribution in [2.75, 3.05) is 26.9 Å². The van der Waals surface area contributed by atoms with Gasteiger partial charge < -0.3 is 19.3 Å². The van der Waals surface area contributed by atoms with Gasteiger partial charge in [-0.1, -0.05) is 12.1 Å². The maximum absolute atomic E-state index is 10.6. The maximum Gasteiger partial charge on any atom is 0.490 e. The van der Waals surface area contributed by atoms with Crippen molar-refractivity contribution >= 4 is 17.3 Å². The van der Waals surface area contributed by atoms with E-state index in [9.17, 15) is 13.2 Å². The Bertz CT molecular complexity index is 864. The lowest BCUT2D eigenvalue weighted by Gasteiger charge is -2.39. The summed E-state index contributed by atoms with van der Waals surface area (Å²) in [5.74, 6) is -1.36. The molecule has 0 radical (unpaired) electrons. The van der Waals surface area contributed by atoms with Crippen LogP contribution < -0.4 is 4.74 Å². The van der Waals surface area contributed by atoms with Crippen molar-refractivity contribution < 1.29 is 37.3 Å². The lowest BCUT2D eigenvalue weighted by atomic mass is 10.0. The van der Waals surface area contributed by atoms with Gasteiger partial charge >= 0.3 is 12.1 Å². The van der Waals surface area contributed by atoms with Crippen LogP contribution in [0.4, 0.5) is 13.2 Å². The molecule has 1 aromatic heterocycles. The van der Waals surface area contributed by atoms with Gasteiger partial charge in [-0.05, 0) is 30.5 Å². The summed E-state index contributed by atoms with van der Waals surface area (Å²) in [6.45, 7) is 4.15. The molecule has 2 aromatic rings. The summed E-state index contributed by atoms with van der Waals surface area (Å²) in [7, 11) is 1.71. The molecule has 182 valence electrons. The van der Waals surface area contributed by atoms with Crippen LogP contribution in [0.15, 0.2) is 35.8 Å². The van der Waals surface area contributed by atoms with E-state index in [0.29, 0.717) is 24.7 Å². The maximum atomic E-state index is 10.6. The molecule has 0 bridgehead atoms. The zero-order chi connectivity index (χ0) is 23.8. The number of aromatic nitrogens is 1. The summed E-state index contributed by atoms with van der Waals surface area (Å²) in [4.78, 5) is 15.8. The third-order valence-corrected chi connectivity index (χ3v) is 6.42. The quantitative estimate of drug-likeness (QED) is 0.631. The third kappa shape index (κ3) is 7.39. The first-order valence-corrected chi connectivity index (χ1v) is 11.4. The first-order valence-electron chi connectivity index (χ1n) is 10.5. The van der Waals surface area contributed by atoms with Gasteiger partial charge in [-0.15, -0.1) is 11.3 Å². The van der Waals surface area contributed by atoms with Crippen LogP contribution in [0.5, 0.6) is 5.75 Å². The molecule has 3 atom stereocenters. The number of hydrogen-bond acceptors (Lipinski definition) is 7. The summed E-state index contributed by atoms with van der Waals surface area (Å²) in [5, 5.41) is 10.2. The number of rotatable bonds is 7. The van der Waals surface area contributed by atoms with E-state index in [1.165, 1.54) is 18.4 Å². The first-order chi connectivity index (χ1) is 15.8. The largest absolute Gasteiger partial charge is 0.497 e. The number of alkyl halides is 3. The number of nitrogens with zero attached hydrogens (tertiary/aromatic N) is 2. The highest BCUT2D eigenvalue weighted by Crippen LogP contribution is 2.35. The SMILES string of the molecule is COc1ccc(CN2CCOC3C(COCc4nccs4)CCC32)cc1.O=C(O)C(F)(F)F. The number of hydrogen-bond donors (Lipinski definition) is 1. The zero-order valence-corrected chi connectivity index (χ0v) is 19.0. The van der Waals surface area contributed by atoms with Crippen molar-refractivity contribution in [3.05, 3.63) is 46.4 Å². The summed E-state index contributed by atoms with van der Waals surface area (Å²) < 4.78 is 49.1. The van der Waals surface area contributed by atoms with Gasteiger partial charge in [0.05, 0.1) is 33.0 Å². The smallest absolute Gasteiger partial charge is 0.490 e. The monoisotopic (exact) mass is 488 g/mol. The second kappa shape index (κ2) is 11.8. The Kier molecular flexibility index (Phi) is 9.07. The normalized spacial score (nSPS) is 22.8. The van der Waals surface area contributed by atoms with Crippen molar-refractivity contribution in [2.24, 2.45) is 5.92 Å². The van der Waals surface area contributed by atoms with Crippen LogP contribution in [-0.2, 0) is 27.4 Å². The number of benzene rings is 1. The van der Waals surface area contributed by atoms with Crippen molar-refractivity contribution in [3.63, 3.8) is 0 Å². The van der Waals surface area contributed by atoms with Crippen LogP contribution in [-0.4, -0.2) is 66.2 Å². The number of fused-ring (bicyclic) bond motifs is 1. The van der Waals surface area contributed by atoms with E-state index in [1.807, 2.05) is 23.7 Å². The fourth-order valence-electron chi connectivity index (χ4n) is 4.10. The van der Waals surface area contributed by atoms with E-state index in [4.69, 9.17) is 24.1 Å². The predicted molar refractivity (Wildman–Crippen MR) is 115 cm³/mol. The molecule has 7 nitrogen and oxygen atoms in total. The van der Waals surface area contributed by atoms with E-state index in [0.717, 1.165) is 37.1 Å². The average Bonchev–Trinajstić information content (AvgIpc) is 3.45. The van der Waals surface area contributed by atoms with Gasteiger partial charge in [-0.25, -0.2) is 9.78 Å². The fourth-order valence-corrected chi connectivity index (χ4v) is 4.65. The molecule has 0 spiro atoms. The summed E-state index contributed by atoms with van der Waals surface area (Å²) >= 11 is 1.65. The predicted octanol–water partition coefficient (Wildman–Crippen LogP) is 3.98. The minimum absolute atomic E-state index is 0.290. The molecule has 2 aliphatic rings. The number of thiazole rings is 1. The van der Waals surface area contributed by atoms with Crippen LogP contribution in [0.3, 0.4) is 0 Å². The van der Waals surface area contributed by atoms with Crippen LogP contribution >= 0.6 is 11.3 Å². The molecule has 1 saturated heterocycles. The van der Waals surface area contributed by atoms with E-state index >= 15 is 0 Å². The van der Waals surface area contributed by atoms with E-state index in [-0.39, 0.29) is 0 Å². The summed E-state index contributed by atoms with van der Waals surface area (Å²) in [6.07, 6.45) is -0.604. The number of morpholine rings is 1. The summed E-state index contributed by atoms with van der Waals surface area (Å²) in [6, 6.07) is 8.90. The molecule has 0 amide bonds. The molecular weight excluding hydrogens is 461 g/mol. The number of aliphatic carboxylic acids is 1. The summed E-state index contributed by atoms with van der Waals surface area (Å²) in [5.41, 5.74) is 1.33. The van der Waals surface area contributed by atoms with E-state index in [2.05, 4.69) is 22.0 Å². The Hall–Kier alpha value is -2.21. The number of carboxylic acids is 1. The second-order valence-electron chi connectivity index (χ2n) is 7.80. The highest BCUT2D eigenvalue weighted by Gasteiger charge is 2.42. The lowest BCUT2D eigenvalue weighted by molar-refractivity contribution is -0.192. The minimum atomic E-state index is -5.08. The number of carbonyl (C=O) groups is 1. The highest BCUT2D eigenvalue weighted by atomic mass is 32.1. The van der Waals surface area contributed by atoms with Crippen LogP contribution in [0.2, 0.25) is 0 Å². The Morgan fingerprint density at radius 2 is 2.03 bits per heavy atom. The van der Waals surface area contributed by atoms with Gasteiger partial charge in [0, 0.05) is 36.6 Å². The molecule has 1 aliphatic heterocycles. The number of carboxylic acid groups (broad SMARTS) is 1. The van der Waals surface area contributed by atoms with Gasteiger partial charge in [0.25, 0.3) is 0 Å². The topological polar surface area (TPSA) is 81.1 Å². The van der Waals surface area contributed by atoms with Crippen molar-refractivity contribution in [1.29, 1.82) is 0 Å². The molecule has 1 aliphatic carbocycles. The van der Waals surface area contributed by atoms with E-state index < -0.39 is 12.1 Å². The van der Waals surface area contributed by atoms with Crippen LogP contribution in [0.1, 0.15) is 23.4 Å². The van der Waals surface area contributed by atoms with Gasteiger partial charge in [0.2, 0.25) is 0 Å². The molecular formula is C22H27F3N2O5S. The van der Waals surface area contributed by atoms with Crippen LogP contribution in [0.25, 0.3) is 0 Å². The second-order valence-corrected chi connectivity index (χ2v) is 8.78. The molecule has 1 saturated carbocycles. The third-order valence-electron chi connectivity index (χ3n) is 5.66. The zero-order valence-electron chi connectivity index (χ0n) is 18.2. The molecule has 1 N–H and O–H groups in total. The van der Waals surface area contributed by atoms with Crippen molar-refractivity contribution in [2.45, 2.75) is 44.3 Å². The van der Waals surface area contributed by atoms with Gasteiger partial charge in [-0.2, -0.15) is 13.2 Å². The number of halogens is 3. The van der Waals surface area contributed by atoms with Crippen LogP contribution in [0, 0.1) is 5.92 Å². The highest BCUT2D eigenvalue weighted by molar-refractivity contribution is 7.09. The molecule has 3 unspecified atom stereocenters. The Morgan fingerprint density at radius 3 is 2.64 bits per heavy atom. The molecule has 11 heteroatoms. The average molecular weight is 489 g/mol. The fraction of sp³-hybridized carbons (Fsp3) is 0.545. The Morgan fingerprint density at radius 1 is 1.30 bits per heavy atom. The van der Waals surface area contributed by atoms with Crippen molar-refractivity contribution in [1.82, 2.24) is 9.88 Å². The number of methoxy groups -OCH3 is 1. The number of ether oxygens (including phenoxy) is 3. The Labute approximate surface area is 194 Å². The Balaban J connectivity index is 0.000000383. The standard InChI is InChI=1S/C20H26N2O3S.C2HF3O2/c1-23-17-5-2-15(3-6-17)12-22-9-10-25-20-16(4-7-18(20)22)13-24-14-19-21-8-11-26-19;3-2(4,5)1(6)7/h2-3,5-6,8,11,16,18,20H,4,7,9-10,12-14H2,1H3;(H,6,7). The van der Waals surface area contributed by atoms with Gasteiger partial charge in [0.1, 0.15) is 10.8 Å². The van der Waals surface area contributed by atoms with Gasteiger partial charge in [-0.3, -0.25) is 4.90 Å². The van der Waals surface area contributed by atoms with Crippen molar-refractivity contribution in [3.8, 4) is 5.75 Å². The molecule has 2 fully saturated rings. The van der Waals surface area contributed by atoms with Gasteiger partial charge in [0.15, 0.2) is 0 Å². The van der Waals surface area contributed by atoms with E-state index in [1.54, 1.807) is 18.4 Å². The molecule has 1 aromatic carbocycles. The first kappa shape index (κ1) is 25.4.